The Morgan fingerprint density at radius 2 is 1.62 bits per heavy atom. The first-order valence-corrected chi connectivity index (χ1v) is 8.57. The fourth-order valence-corrected chi connectivity index (χ4v) is 2.76. The second-order valence-corrected chi connectivity index (χ2v) is 5.65. The zero-order valence-corrected chi connectivity index (χ0v) is 14.3. The van der Waals surface area contributed by atoms with Gasteiger partial charge in [-0.2, -0.15) is 0 Å². The number of hydrogen-bond acceptors (Lipinski definition) is 7. The van der Waals surface area contributed by atoms with Crippen LogP contribution in [0.3, 0.4) is 0 Å². The average molecular weight is 342 g/mol. The van der Waals surface area contributed by atoms with Gasteiger partial charge in [0.2, 0.25) is 0 Å². The summed E-state index contributed by atoms with van der Waals surface area (Å²) in [6, 6.07) is 7.54. The largest absolute Gasteiger partial charge is 0.492 e. The molecule has 0 spiro atoms. The summed E-state index contributed by atoms with van der Waals surface area (Å²) in [4.78, 5) is 13.2. The van der Waals surface area contributed by atoms with E-state index in [2.05, 4.69) is 20.3 Å². The van der Waals surface area contributed by atoms with Gasteiger partial charge >= 0.3 is 0 Å². The van der Waals surface area contributed by atoms with Crippen LogP contribution >= 0.6 is 11.3 Å². The van der Waals surface area contributed by atoms with Crippen molar-refractivity contribution in [1.82, 2.24) is 15.0 Å². The van der Waals surface area contributed by atoms with Crippen molar-refractivity contribution in [3.8, 4) is 22.9 Å². The Kier molecular flexibility index (Phi) is 5.22. The Bertz CT molecular complexity index is 772. The van der Waals surface area contributed by atoms with Gasteiger partial charge in [0.1, 0.15) is 23.0 Å². The van der Waals surface area contributed by atoms with E-state index in [0.29, 0.717) is 13.2 Å². The molecule has 0 aliphatic carbocycles. The van der Waals surface area contributed by atoms with Gasteiger partial charge in [-0.1, -0.05) is 0 Å². The maximum atomic E-state index is 5.40. The molecule has 0 atom stereocenters. The van der Waals surface area contributed by atoms with E-state index in [1.54, 1.807) is 12.4 Å². The van der Waals surface area contributed by atoms with Gasteiger partial charge in [0.15, 0.2) is 5.13 Å². The van der Waals surface area contributed by atoms with Crippen molar-refractivity contribution in [2.24, 2.45) is 0 Å². The summed E-state index contributed by atoms with van der Waals surface area (Å²) in [5.41, 5.74) is 1.62. The van der Waals surface area contributed by atoms with Gasteiger partial charge < -0.3 is 14.8 Å². The summed E-state index contributed by atoms with van der Waals surface area (Å²) in [7, 11) is 0. The fraction of sp³-hybridized carbons (Fsp3) is 0.235. The summed E-state index contributed by atoms with van der Waals surface area (Å²) in [6.07, 6.45) is 3.40. The topological polar surface area (TPSA) is 69.2 Å². The van der Waals surface area contributed by atoms with Crippen LogP contribution in [0, 0.1) is 0 Å². The van der Waals surface area contributed by atoms with Crippen molar-refractivity contribution in [1.29, 1.82) is 0 Å². The summed E-state index contributed by atoms with van der Waals surface area (Å²) in [5, 5.41) is 5.90. The molecular formula is C17H18N4O2S. The molecule has 0 aromatic carbocycles. The van der Waals surface area contributed by atoms with Crippen molar-refractivity contribution >= 4 is 22.3 Å². The predicted molar refractivity (Wildman–Crippen MR) is 95.2 cm³/mol. The highest BCUT2D eigenvalue weighted by Crippen LogP contribution is 2.26. The third kappa shape index (κ3) is 3.99. The van der Waals surface area contributed by atoms with Crippen molar-refractivity contribution in [3.63, 3.8) is 0 Å². The molecule has 0 fully saturated rings. The summed E-state index contributed by atoms with van der Waals surface area (Å²) in [5.74, 6) is 2.23. The first-order valence-electron chi connectivity index (χ1n) is 7.69. The Hall–Kier alpha value is -2.67. The van der Waals surface area contributed by atoms with Gasteiger partial charge in [-0.25, -0.2) is 9.97 Å². The third-order valence-corrected chi connectivity index (χ3v) is 3.85. The molecule has 0 amide bonds. The van der Waals surface area contributed by atoms with Gasteiger partial charge in [0.25, 0.3) is 0 Å². The molecule has 6 nitrogen and oxygen atoms in total. The number of nitrogens with zero attached hydrogens (tertiary/aromatic N) is 3. The van der Waals surface area contributed by atoms with Crippen molar-refractivity contribution in [2.75, 3.05) is 18.5 Å². The maximum Gasteiger partial charge on any atom is 0.188 e. The molecule has 1 N–H and O–H groups in total. The number of rotatable bonds is 7. The molecular weight excluding hydrogens is 324 g/mol. The maximum absolute atomic E-state index is 5.40. The number of anilines is 2. The molecule has 0 bridgehead atoms. The van der Waals surface area contributed by atoms with Crippen molar-refractivity contribution in [2.45, 2.75) is 13.8 Å². The zero-order valence-electron chi connectivity index (χ0n) is 13.5. The first-order chi connectivity index (χ1) is 11.8. The minimum Gasteiger partial charge on any atom is -0.492 e. The molecule has 0 saturated carbocycles. The van der Waals surface area contributed by atoms with E-state index in [1.807, 2.05) is 43.5 Å². The fourth-order valence-electron chi connectivity index (χ4n) is 2.05. The van der Waals surface area contributed by atoms with E-state index in [-0.39, 0.29) is 0 Å². The lowest BCUT2D eigenvalue weighted by atomic mass is 10.3. The lowest BCUT2D eigenvalue weighted by Gasteiger charge is -2.04. The van der Waals surface area contributed by atoms with E-state index in [4.69, 9.17) is 9.47 Å². The molecule has 0 saturated heterocycles. The Labute approximate surface area is 144 Å². The summed E-state index contributed by atoms with van der Waals surface area (Å²) in [6.45, 7) is 5.14. The monoisotopic (exact) mass is 342 g/mol. The van der Waals surface area contributed by atoms with Crippen LogP contribution in [-0.4, -0.2) is 28.2 Å². The molecule has 3 aromatic rings. The Balaban J connectivity index is 1.68. The average Bonchev–Trinajstić information content (AvgIpc) is 3.06. The standard InChI is InChI=1S/C17H18N4O2S/c1-3-22-12-5-7-14(18-9-12)15-11-24-17(20-15)21-16-8-6-13(10-19-16)23-4-2/h5-11H,3-4H2,1-2H3,(H,19,20,21). The molecule has 3 rings (SSSR count). The third-order valence-electron chi connectivity index (χ3n) is 3.10. The number of ether oxygens (including phenoxy) is 2. The summed E-state index contributed by atoms with van der Waals surface area (Å²) >= 11 is 1.50. The van der Waals surface area contributed by atoms with E-state index >= 15 is 0 Å². The van der Waals surface area contributed by atoms with E-state index in [1.165, 1.54) is 11.3 Å². The first kappa shape index (κ1) is 16.2. The Morgan fingerprint density at radius 1 is 0.917 bits per heavy atom. The molecule has 0 unspecified atom stereocenters. The molecule has 0 aliphatic rings. The molecule has 124 valence electrons. The van der Waals surface area contributed by atoms with Crippen LogP contribution in [0.1, 0.15) is 13.8 Å². The number of thiazole rings is 1. The van der Waals surface area contributed by atoms with Gasteiger partial charge in [-0.05, 0) is 38.1 Å². The highest BCUT2D eigenvalue weighted by molar-refractivity contribution is 7.14. The van der Waals surface area contributed by atoms with Crippen LogP contribution in [-0.2, 0) is 0 Å². The lowest BCUT2D eigenvalue weighted by Crippen LogP contribution is -1.96. The second-order valence-electron chi connectivity index (χ2n) is 4.79. The van der Waals surface area contributed by atoms with E-state index < -0.39 is 0 Å². The molecule has 0 radical (unpaired) electrons. The summed E-state index contributed by atoms with van der Waals surface area (Å²) < 4.78 is 10.8. The highest BCUT2D eigenvalue weighted by atomic mass is 32.1. The smallest absolute Gasteiger partial charge is 0.188 e. The quantitative estimate of drug-likeness (QED) is 0.696. The van der Waals surface area contributed by atoms with Gasteiger partial charge in [-0.15, -0.1) is 11.3 Å². The van der Waals surface area contributed by atoms with Crippen LogP contribution in [0.2, 0.25) is 0 Å². The van der Waals surface area contributed by atoms with Crippen LogP contribution in [0.15, 0.2) is 42.0 Å². The van der Waals surface area contributed by atoms with Crippen molar-refractivity contribution < 1.29 is 9.47 Å². The van der Waals surface area contributed by atoms with Crippen molar-refractivity contribution in [3.05, 3.63) is 42.0 Å². The van der Waals surface area contributed by atoms with Gasteiger partial charge in [-0.3, -0.25) is 4.98 Å². The number of aromatic nitrogens is 3. The minimum atomic E-state index is 0.624. The van der Waals surface area contributed by atoms with Crippen LogP contribution in [0.5, 0.6) is 11.5 Å². The van der Waals surface area contributed by atoms with Crippen LogP contribution in [0.4, 0.5) is 10.9 Å². The van der Waals surface area contributed by atoms with Gasteiger partial charge in [0.05, 0.1) is 31.3 Å². The molecule has 24 heavy (non-hydrogen) atoms. The number of hydrogen-bond donors (Lipinski definition) is 1. The van der Waals surface area contributed by atoms with E-state index in [9.17, 15) is 0 Å². The predicted octanol–water partition coefficient (Wildman–Crippen LogP) is 4.14. The number of nitrogens with one attached hydrogen (secondary N) is 1. The zero-order chi connectivity index (χ0) is 16.8. The molecule has 3 heterocycles. The Morgan fingerprint density at radius 3 is 2.21 bits per heavy atom. The molecule has 7 heteroatoms. The van der Waals surface area contributed by atoms with Crippen LogP contribution < -0.4 is 14.8 Å². The molecule has 3 aromatic heterocycles. The second kappa shape index (κ2) is 7.74. The van der Waals surface area contributed by atoms with E-state index in [0.717, 1.165) is 33.8 Å². The van der Waals surface area contributed by atoms with Gasteiger partial charge in [0, 0.05) is 5.38 Å². The SMILES string of the molecule is CCOc1ccc(Nc2nc(-c3ccc(OCC)cn3)cs2)nc1. The normalized spacial score (nSPS) is 10.4. The lowest BCUT2D eigenvalue weighted by molar-refractivity contribution is 0.339. The minimum absolute atomic E-state index is 0.624. The van der Waals surface area contributed by atoms with Crippen LogP contribution in [0.25, 0.3) is 11.4 Å². The molecule has 0 aliphatic heterocycles. The highest BCUT2D eigenvalue weighted by Gasteiger charge is 2.07. The number of pyridine rings is 2.